The van der Waals surface area contributed by atoms with E-state index in [1.54, 1.807) is 11.0 Å². The van der Waals surface area contributed by atoms with Crippen LogP contribution >= 0.6 is 0 Å². The van der Waals surface area contributed by atoms with Crippen molar-refractivity contribution >= 4 is 17.4 Å². The molecule has 3 rings (SSSR count). The van der Waals surface area contributed by atoms with Gasteiger partial charge in [-0.2, -0.15) is 0 Å². The third-order valence-corrected chi connectivity index (χ3v) is 6.41. The van der Waals surface area contributed by atoms with E-state index in [9.17, 15) is 14.7 Å². The quantitative estimate of drug-likeness (QED) is 0.190. The second-order valence-corrected chi connectivity index (χ2v) is 10.6. The number of carbonyl (C=O) groups is 2. The van der Waals surface area contributed by atoms with Crippen LogP contribution in [0.25, 0.3) is 5.76 Å². The highest BCUT2D eigenvalue weighted by Gasteiger charge is 2.46. The van der Waals surface area contributed by atoms with Crippen molar-refractivity contribution in [2.75, 3.05) is 13.7 Å². The van der Waals surface area contributed by atoms with Crippen LogP contribution in [0.5, 0.6) is 11.5 Å². The summed E-state index contributed by atoms with van der Waals surface area (Å²) in [6, 6.07) is 12.3. The van der Waals surface area contributed by atoms with E-state index >= 15 is 0 Å². The number of ketones is 1. The Bertz CT molecular complexity index is 1140. The molecule has 1 heterocycles. The highest BCUT2D eigenvalue weighted by atomic mass is 16.5. The van der Waals surface area contributed by atoms with E-state index in [4.69, 9.17) is 9.47 Å². The molecule has 1 N–H and O–H groups in total. The fourth-order valence-corrected chi connectivity index (χ4v) is 4.52. The van der Waals surface area contributed by atoms with Gasteiger partial charge in [-0.3, -0.25) is 9.59 Å². The van der Waals surface area contributed by atoms with E-state index in [0.29, 0.717) is 23.6 Å². The number of ether oxygens (including phenoxy) is 2. The Morgan fingerprint density at radius 1 is 1.08 bits per heavy atom. The van der Waals surface area contributed by atoms with Crippen LogP contribution in [0.1, 0.15) is 83.5 Å². The van der Waals surface area contributed by atoms with Gasteiger partial charge in [-0.05, 0) is 61.1 Å². The predicted octanol–water partition coefficient (Wildman–Crippen LogP) is 6.39. The molecule has 194 valence electrons. The Morgan fingerprint density at radius 2 is 1.81 bits per heavy atom. The van der Waals surface area contributed by atoms with Crippen molar-refractivity contribution in [1.82, 2.24) is 4.90 Å². The first kappa shape index (κ1) is 27.3. The highest BCUT2D eigenvalue weighted by molar-refractivity contribution is 6.46. The number of aliphatic hydroxyl groups is 1. The molecular weight excluding hydrogens is 454 g/mol. The van der Waals surface area contributed by atoms with Crippen molar-refractivity contribution < 1.29 is 24.2 Å². The van der Waals surface area contributed by atoms with Crippen molar-refractivity contribution in [3.63, 3.8) is 0 Å². The lowest BCUT2D eigenvalue weighted by atomic mass is 9.85. The lowest BCUT2D eigenvalue weighted by Crippen LogP contribution is -2.30. The molecule has 2 aromatic rings. The third-order valence-electron chi connectivity index (χ3n) is 6.41. The lowest BCUT2D eigenvalue weighted by molar-refractivity contribution is -0.139. The van der Waals surface area contributed by atoms with E-state index < -0.39 is 17.7 Å². The van der Waals surface area contributed by atoms with Crippen LogP contribution in [0.15, 0.2) is 48.0 Å². The Labute approximate surface area is 214 Å². The molecule has 1 amide bonds. The number of rotatable bonds is 9. The largest absolute Gasteiger partial charge is 0.507 e. The van der Waals surface area contributed by atoms with Gasteiger partial charge in [-0.1, -0.05) is 58.7 Å². The average molecular weight is 494 g/mol. The van der Waals surface area contributed by atoms with E-state index in [2.05, 4.69) is 27.7 Å². The summed E-state index contributed by atoms with van der Waals surface area (Å²) in [5.74, 6) is -0.428. The maximum absolute atomic E-state index is 13.4. The first-order valence-electron chi connectivity index (χ1n) is 12.7. The summed E-state index contributed by atoms with van der Waals surface area (Å²) in [5, 5.41) is 11.6. The number of benzene rings is 2. The van der Waals surface area contributed by atoms with Gasteiger partial charge < -0.3 is 19.5 Å². The van der Waals surface area contributed by atoms with Crippen LogP contribution in [-0.4, -0.2) is 41.5 Å². The summed E-state index contributed by atoms with van der Waals surface area (Å²) < 4.78 is 11.4. The zero-order chi connectivity index (χ0) is 26.6. The molecule has 0 aromatic heterocycles. The maximum Gasteiger partial charge on any atom is 0.295 e. The molecule has 0 saturated carbocycles. The third kappa shape index (κ3) is 5.75. The second-order valence-electron chi connectivity index (χ2n) is 10.6. The smallest absolute Gasteiger partial charge is 0.295 e. The molecule has 6 heteroatoms. The molecule has 0 spiro atoms. The Hall–Kier alpha value is -3.28. The maximum atomic E-state index is 13.4. The van der Waals surface area contributed by atoms with Gasteiger partial charge in [0.25, 0.3) is 11.7 Å². The van der Waals surface area contributed by atoms with Gasteiger partial charge in [-0.25, -0.2) is 0 Å². The summed E-state index contributed by atoms with van der Waals surface area (Å²) in [4.78, 5) is 28.2. The standard InChI is InChI=1S/C30H39NO5/c1-8-9-10-16-31-26(20-12-11-13-22(17-20)36-19(2)3)25(28(33)29(31)34)27(32)23-18-21(30(4,5)6)14-15-24(23)35-7/h11-15,17-19,26,32H,8-10,16H2,1-7H3/b27-25+. The first-order valence-corrected chi connectivity index (χ1v) is 12.7. The summed E-state index contributed by atoms with van der Waals surface area (Å²) in [6.07, 6.45) is 2.67. The number of nitrogens with zero attached hydrogens (tertiary/aromatic N) is 1. The van der Waals surface area contributed by atoms with Gasteiger partial charge in [-0.15, -0.1) is 0 Å². The van der Waals surface area contributed by atoms with Gasteiger partial charge in [0, 0.05) is 6.54 Å². The van der Waals surface area contributed by atoms with E-state index in [-0.39, 0.29) is 22.9 Å². The van der Waals surface area contributed by atoms with Crippen LogP contribution in [-0.2, 0) is 15.0 Å². The molecule has 1 unspecified atom stereocenters. The van der Waals surface area contributed by atoms with Crippen LogP contribution in [0, 0.1) is 0 Å². The SMILES string of the molecule is CCCCCN1C(=O)C(=O)/C(=C(/O)c2cc(C(C)(C)C)ccc2OC)C1c1cccc(OC(C)C)c1. The number of Topliss-reactive ketones (excluding diaryl/α,β-unsaturated/α-hetero) is 1. The van der Waals surface area contributed by atoms with E-state index in [1.165, 1.54) is 7.11 Å². The van der Waals surface area contributed by atoms with Crippen LogP contribution in [0.3, 0.4) is 0 Å². The molecule has 0 radical (unpaired) electrons. The number of hydrogen-bond acceptors (Lipinski definition) is 5. The zero-order valence-electron chi connectivity index (χ0n) is 22.6. The number of amides is 1. The molecule has 0 bridgehead atoms. The normalized spacial score (nSPS) is 17.7. The number of carbonyl (C=O) groups excluding carboxylic acids is 2. The van der Waals surface area contributed by atoms with Gasteiger partial charge in [0.05, 0.1) is 30.4 Å². The number of likely N-dealkylation sites (tertiary alicyclic amines) is 1. The molecule has 1 aliphatic heterocycles. The molecule has 36 heavy (non-hydrogen) atoms. The zero-order valence-corrected chi connectivity index (χ0v) is 22.6. The number of aliphatic hydroxyl groups excluding tert-OH is 1. The average Bonchev–Trinajstić information content (AvgIpc) is 3.07. The topological polar surface area (TPSA) is 76.1 Å². The summed E-state index contributed by atoms with van der Waals surface area (Å²) >= 11 is 0. The minimum atomic E-state index is -0.722. The first-order chi connectivity index (χ1) is 17.0. The van der Waals surface area contributed by atoms with Crippen molar-refractivity contribution in [1.29, 1.82) is 0 Å². The van der Waals surface area contributed by atoms with E-state index in [0.717, 1.165) is 30.4 Å². The van der Waals surface area contributed by atoms with Crippen molar-refractivity contribution in [2.24, 2.45) is 0 Å². The summed E-state index contributed by atoms with van der Waals surface area (Å²) in [6.45, 7) is 12.6. The summed E-state index contributed by atoms with van der Waals surface area (Å²) in [7, 11) is 1.52. The Morgan fingerprint density at radius 3 is 2.42 bits per heavy atom. The molecule has 2 aromatic carbocycles. The van der Waals surface area contributed by atoms with Crippen LogP contribution < -0.4 is 9.47 Å². The minimum absolute atomic E-state index is 0.0273. The molecule has 1 aliphatic rings. The summed E-state index contributed by atoms with van der Waals surface area (Å²) in [5.41, 5.74) is 1.98. The number of unbranched alkanes of at least 4 members (excludes halogenated alkanes) is 2. The number of methoxy groups -OCH3 is 1. The van der Waals surface area contributed by atoms with Gasteiger partial charge in [0.15, 0.2) is 0 Å². The van der Waals surface area contributed by atoms with Gasteiger partial charge >= 0.3 is 0 Å². The van der Waals surface area contributed by atoms with Crippen molar-refractivity contribution in [3.05, 3.63) is 64.7 Å². The second kappa shape index (κ2) is 11.2. The van der Waals surface area contributed by atoms with Gasteiger partial charge in [0.2, 0.25) is 0 Å². The van der Waals surface area contributed by atoms with E-state index in [1.807, 2.05) is 50.2 Å². The van der Waals surface area contributed by atoms with Crippen molar-refractivity contribution in [3.8, 4) is 11.5 Å². The molecular formula is C30H39NO5. The highest BCUT2D eigenvalue weighted by Crippen LogP contribution is 2.42. The predicted molar refractivity (Wildman–Crippen MR) is 142 cm³/mol. The van der Waals surface area contributed by atoms with Crippen molar-refractivity contribution in [2.45, 2.75) is 78.4 Å². The fraction of sp³-hybridized carbons (Fsp3) is 0.467. The fourth-order valence-electron chi connectivity index (χ4n) is 4.52. The van der Waals surface area contributed by atoms with Crippen LogP contribution in [0.4, 0.5) is 0 Å². The Balaban J connectivity index is 2.23. The molecule has 1 atom stereocenters. The monoisotopic (exact) mass is 493 g/mol. The van der Waals surface area contributed by atoms with Gasteiger partial charge in [0.1, 0.15) is 17.3 Å². The molecule has 1 fully saturated rings. The lowest BCUT2D eigenvalue weighted by Gasteiger charge is -2.26. The molecule has 6 nitrogen and oxygen atoms in total. The van der Waals surface area contributed by atoms with Crippen LogP contribution in [0.2, 0.25) is 0 Å². The Kier molecular flexibility index (Phi) is 8.49. The molecule has 1 saturated heterocycles. The molecule has 0 aliphatic carbocycles. The number of hydrogen-bond donors (Lipinski definition) is 1. The minimum Gasteiger partial charge on any atom is -0.507 e.